The van der Waals surface area contributed by atoms with E-state index in [9.17, 15) is 4.79 Å². The first-order valence-corrected chi connectivity index (χ1v) is 8.21. The molecule has 1 aromatic carbocycles. The summed E-state index contributed by atoms with van der Waals surface area (Å²) in [6, 6.07) is 8.29. The molecule has 2 N–H and O–H groups in total. The summed E-state index contributed by atoms with van der Waals surface area (Å²) in [5, 5.41) is 6.26. The summed E-state index contributed by atoms with van der Waals surface area (Å²) >= 11 is 0. The number of ether oxygens (including phenoxy) is 1. The maximum atomic E-state index is 11.6. The number of rotatable bonds is 7. The van der Waals surface area contributed by atoms with E-state index in [1.54, 1.807) is 0 Å². The van der Waals surface area contributed by atoms with E-state index in [0.29, 0.717) is 6.04 Å². The van der Waals surface area contributed by atoms with Crippen LogP contribution in [0.4, 0.5) is 0 Å². The molecule has 2 aliphatic rings. The first-order chi connectivity index (χ1) is 11.2. The van der Waals surface area contributed by atoms with Crippen LogP contribution < -0.4 is 15.4 Å². The highest BCUT2D eigenvalue weighted by Gasteiger charge is 2.23. The van der Waals surface area contributed by atoms with Crippen molar-refractivity contribution in [3.8, 4) is 5.75 Å². The Bertz CT molecular complexity index is 566. The van der Waals surface area contributed by atoms with Gasteiger partial charge in [0.1, 0.15) is 5.75 Å². The molecule has 0 unspecified atom stereocenters. The third-order valence-electron chi connectivity index (χ3n) is 3.99. The molecule has 6 nitrogen and oxygen atoms in total. The van der Waals surface area contributed by atoms with Crippen molar-refractivity contribution in [2.75, 3.05) is 33.3 Å². The molecule has 6 heteroatoms. The Labute approximate surface area is 136 Å². The standard InChI is InChI=1S/C17H24N4O2/c1-21-11-10-19-17(21)18-9-8-13-2-6-15(7-3-13)23-12-16(22)20-14-4-5-14/h2-3,6-7,14H,4-5,8-12H2,1H3,(H,18,19)(H,20,22). The Morgan fingerprint density at radius 2 is 2.13 bits per heavy atom. The Morgan fingerprint density at radius 3 is 2.78 bits per heavy atom. The lowest BCUT2D eigenvalue weighted by Gasteiger charge is -2.15. The summed E-state index contributed by atoms with van der Waals surface area (Å²) in [7, 11) is 2.05. The lowest BCUT2D eigenvalue weighted by atomic mass is 10.1. The molecule has 3 rings (SSSR count). The number of hydrogen-bond donors (Lipinski definition) is 2. The second-order valence-electron chi connectivity index (χ2n) is 6.08. The van der Waals surface area contributed by atoms with Gasteiger partial charge in [-0.3, -0.25) is 9.79 Å². The molecular formula is C17H24N4O2. The highest BCUT2D eigenvalue weighted by atomic mass is 16.5. The van der Waals surface area contributed by atoms with Crippen molar-refractivity contribution in [2.24, 2.45) is 4.99 Å². The minimum absolute atomic E-state index is 0.0396. The van der Waals surface area contributed by atoms with Crippen molar-refractivity contribution >= 4 is 11.9 Å². The van der Waals surface area contributed by atoms with Gasteiger partial charge in [0.2, 0.25) is 0 Å². The predicted octanol–water partition coefficient (Wildman–Crippen LogP) is 0.777. The average Bonchev–Trinajstić information content (AvgIpc) is 3.27. The van der Waals surface area contributed by atoms with Crippen molar-refractivity contribution in [1.82, 2.24) is 15.5 Å². The Morgan fingerprint density at radius 1 is 1.35 bits per heavy atom. The van der Waals surface area contributed by atoms with E-state index in [2.05, 4.69) is 20.5 Å². The number of benzene rings is 1. The van der Waals surface area contributed by atoms with Crippen LogP contribution in [0.3, 0.4) is 0 Å². The topological polar surface area (TPSA) is 66.0 Å². The smallest absolute Gasteiger partial charge is 0.258 e. The fourth-order valence-corrected chi connectivity index (χ4v) is 2.44. The number of likely N-dealkylation sites (N-methyl/N-ethyl adjacent to an activating group) is 1. The van der Waals surface area contributed by atoms with Gasteiger partial charge in [0, 0.05) is 26.2 Å². The predicted molar refractivity (Wildman–Crippen MR) is 89.7 cm³/mol. The Hall–Kier alpha value is -2.24. The lowest BCUT2D eigenvalue weighted by molar-refractivity contribution is -0.123. The third kappa shape index (κ3) is 4.87. The van der Waals surface area contributed by atoms with Gasteiger partial charge in [0.15, 0.2) is 12.6 Å². The van der Waals surface area contributed by atoms with Gasteiger partial charge in [-0.05, 0) is 37.0 Å². The summed E-state index contributed by atoms with van der Waals surface area (Å²) in [6.45, 7) is 2.80. The van der Waals surface area contributed by atoms with E-state index < -0.39 is 0 Å². The van der Waals surface area contributed by atoms with E-state index in [1.165, 1.54) is 5.56 Å². The maximum Gasteiger partial charge on any atom is 0.258 e. The summed E-state index contributed by atoms with van der Waals surface area (Å²) in [5.41, 5.74) is 1.23. The minimum Gasteiger partial charge on any atom is -0.484 e. The van der Waals surface area contributed by atoms with Gasteiger partial charge in [-0.1, -0.05) is 12.1 Å². The van der Waals surface area contributed by atoms with Crippen molar-refractivity contribution in [3.05, 3.63) is 29.8 Å². The van der Waals surface area contributed by atoms with Gasteiger partial charge in [0.25, 0.3) is 5.91 Å². The van der Waals surface area contributed by atoms with E-state index in [-0.39, 0.29) is 12.5 Å². The van der Waals surface area contributed by atoms with Crippen molar-refractivity contribution < 1.29 is 9.53 Å². The summed E-state index contributed by atoms with van der Waals surface area (Å²) in [4.78, 5) is 18.1. The van der Waals surface area contributed by atoms with Gasteiger partial charge in [-0.15, -0.1) is 0 Å². The highest BCUT2D eigenvalue weighted by Crippen LogP contribution is 2.18. The van der Waals surface area contributed by atoms with Crippen LogP contribution in [0.15, 0.2) is 29.3 Å². The molecule has 124 valence electrons. The molecule has 1 saturated carbocycles. The molecule has 1 aliphatic heterocycles. The molecule has 0 aromatic heterocycles. The number of hydrogen-bond acceptors (Lipinski definition) is 5. The molecule has 1 fully saturated rings. The molecule has 1 aliphatic carbocycles. The molecule has 0 spiro atoms. The van der Waals surface area contributed by atoms with Crippen LogP contribution in [0.2, 0.25) is 0 Å². The van der Waals surface area contributed by atoms with Gasteiger partial charge in [-0.25, -0.2) is 0 Å². The van der Waals surface area contributed by atoms with Gasteiger partial charge in [0.05, 0.1) is 6.54 Å². The zero-order valence-electron chi connectivity index (χ0n) is 13.5. The zero-order chi connectivity index (χ0) is 16.1. The van der Waals surface area contributed by atoms with Crippen molar-refractivity contribution in [2.45, 2.75) is 25.3 Å². The van der Waals surface area contributed by atoms with E-state index in [0.717, 1.165) is 50.6 Å². The first kappa shape index (κ1) is 15.6. The van der Waals surface area contributed by atoms with Crippen molar-refractivity contribution in [1.29, 1.82) is 0 Å². The normalized spacial score (nSPS) is 16.9. The largest absolute Gasteiger partial charge is 0.484 e. The fourth-order valence-electron chi connectivity index (χ4n) is 2.44. The fraction of sp³-hybridized carbons (Fsp3) is 0.529. The molecule has 1 aromatic rings. The van der Waals surface area contributed by atoms with Crippen LogP contribution in [-0.2, 0) is 11.2 Å². The molecule has 23 heavy (non-hydrogen) atoms. The number of nitrogens with one attached hydrogen (secondary N) is 2. The number of guanidine groups is 1. The van der Waals surface area contributed by atoms with Crippen molar-refractivity contribution in [3.63, 3.8) is 0 Å². The Kier molecular flexibility index (Phi) is 5.00. The second kappa shape index (κ2) is 7.35. The first-order valence-electron chi connectivity index (χ1n) is 8.21. The lowest BCUT2D eigenvalue weighted by Crippen LogP contribution is -2.36. The third-order valence-corrected chi connectivity index (χ3v) is 3.99. The average molecular weight is 316 g/mol. The molecule has 0 atom stereocenters. The summed E-state index contributed by atoms with van der Waals surface area (Å²) in [6.07, 6.45) is 3.11. The number of nitrogens with zero attached hydrogens (tertiary/aromatic N) is 2. The zero-order valence-corrected chi connectivity index (χ0v) is 13.5. The molecular weight excluding hydrogens is 292 g/mol. The Balaban J connectivity index is 1.37. The van der Waals surface area contributed by atoms with Gasteiger partial charge < -0.3 is 20.3 Å². The summed E-state index contributed by atoms with van der Waals surface area (Å²) in [5.74, 6) is 1.67. The van der Waals surface area contributed by atoms with E-state index in [4.69, 9.17) is 4.74 Å². The molecule has 0 saturated heterocycles. The number of aliphatic imine (C=N–C) groups is 1. The van der Waals surface area contributed by atoms with Gasteiger partial charge >= 0.3 is 0 Å². The molecule has 0 radical (unpaired) electrons. The van der Waals surface area contributed by atoms with E-state index in [1.807, 2.05) is 31.3 Å². The summed E-state index contributed by atoms with van der Waals surface area (Å²) < 4.78 is 5.50. The minimum atomic E-state index is -0.0396. The molecule has 0 bridgehead atoms. The molecule has 1 amide bonds. The highest BCUT2D eigenvalue weighted by molar-refractivity contribution is 5.81. The van der Waals surface area contributed by atoms with Crippen LogP contribution in [0.5, 0.6) is 5.75 Å². The van der Waals surface area contributed by atoms with Gasteiger partial charge in [-0.2, -0.15) is 0 Å². The molecule has 1 heterocycles. The van der Waals surface area contributed by atoms with Crippen LogP contribution in [0.25, 0.3) is 0 Å². The number of amides is 1. The number of carbonyl (C=O) groups is 1. The maximum absolute atomic E-state index is 11.6. The second-order valence-corrected chi connectivity index (χ2v) is 6.08. The monoisotopic (exact) mass is 316 g/mol. The van der Waals surface area contributed by atoms with Crippen LogP contribution in [-0.4, -0.2) is 56.1 Å². The van der Waals surface area contributed by atoms with Crippen LogP contribution in [0.1, 0.15) is 18.4 Å². The SMILES string of the molecule is CN1CCN=C1NCCc1ccc(OCC(=O)NC2CC2)cc1. The quantitative estimate of drug-likeness (QED) is 0.780. The van der Waals surface area contributed by atoms with Crippen LogP contribution >= 0.6 is 0 Å². The van der Waals surface area contributed by atoms with Crippen LogP contribution in [0, 0.1) is 0 Å². The van der Waals surface area contributed by atoms with E-state index >= 15 is 0 Å². The number of carbonyl (C=O) groups excluding carboxylic acids is 1.